The topological polar surface area (TPSA) is 122 Å². The lowest BCUT2D eigenvalue weighted by Gasteiger charge is -2.31. The minimum Gasteiger partial charge on any atom is -0.478 e. The van der Waals surface area contributed by atoms with Gasteiger partial charge in [0.1, 0.15) is 11.6 Å². The third-order valence-electron chi connectivity index (χ3n) is 11.2. The molecule has 0 spiro atoms. The molecule has 316 valence electrons. The second-order valence-corrected chi connectivity index (χ2v) is 15.0. The first-order chi connectivity index (χ1) is 28.6. The summed E-state index contributed by atoms with van der Waals surface area (Å²) in [5.74, 6) is -2.62. The second-order valence-electron chi connectivity index (χ2n) is 15.0. The Morgan fingerprint density at radius 2 is 1.10 bits per heavy atom. The maximum Gasteiger partial charge on any atom is 0.338 e. The Hall–Kier alpha value is -5.33. The number of halogens is 3. The monoisotopic (exact) mass is 840 g/mol. The van der Waals surface area contributed by atoms with Gasteiger partial charge in [-0.1, -0.05) is 72.8 Å². The number of hydrogen-bond acceptors (Lipinski definition) is 7. The number of carbonyl (C=O) groups is 4. The van der Waals surface area contributed by atoms with Gasteiger partial charge in [-0.3, -0.25) is 14.4 Å². The number of Topliss-reactive ketones (excluding diaryl/α,β-unsaturated/α-hetero) is 2. The lowest BCUT2D eigenvalue weighted by Crippen LogP contribution is -2.41. The molecule has 60 heavy (non-hydrogen) atoms. The maximum absolute atomic E-state index is 14.5. The number of benzene rings is 4. The van der Waals surface area contributed by atoms with Crippen molar-refractivity contribution in [1.29, 1.82) is 0 Å². The molecule has 12 heteroatoms. The number of piperidine rings is 2. The van der Waals surface area contributed by atoms with E-state index in [1.807, 2.05) is 54.6 Å². The van der Waals surface area contributed by atoms with Crippen LogP contribution in [0.4, 0.5) is 8.78 Å². The third-order valence-corrected chi connectivity index (χ3v) is 11.2. The van der Waals surface area contributed by atoms with E-state index in [1.165, 1.54) is 31.0 Å². The third kappa shape index (κ3) is 11.5. The van der Waals surface area contributed by atoms with E-state index in [9.17, 15) is 28.0 Å². The first-order valence-corrected chi connectivity index (χ1v) is 20.0. The number of amides is 1. The van der Waals surface area contributed by atoms with E-state index >= 15 is 0 Å². The van der Waals surface area contributed by atoms with E-state index in [0.29, 0.717) is 56.0 Å². The first-order valence-electron chi connectivity index (χ1n) is 20.0. The van der Waals surface area contributed by atoms with Gasteiger partial charge in [0.05, 0.1) is 23.3 Å². The molecule has 4 aliphatic rings. The van der Waals surface area contributed by atoms with Crippen LogP contribution in [0.2, 0.25) is 0 Å². The lowest BCUT2D eigenvalue weighted by molar-refractivity contribution is 0.0348. The van der Waals surface area contributed by atoms with E-state index in [-0.39, 0.29) is 47.1 Å². The van der Waals surface area contributed by atoms with E-state index < -0.39 is 17.6 Å². The molecule has 0 atom stereocenters. The zero-order chi connectivity index (χ0) is 41.9. The molecule has 1 amide bonds. The van der Waals surface area contributed by atoms with Crippen molar-refractivity contribution in [3.8, 4) is 0 Å². The summed E-state index contributed by atoms with van der Waals surface area (Å²) in [6, 6.07) is 23.7. The van der Waals surface area contributed by atoms with E-state index in [0.717, 1.165) is 59.3 Å². The minimum atomic E-state index is -1.28. The maximum atomic E-state index is 14.5. The van der Waals surface area contributed by atoms with Crippen LogP contribution in [0.1, 0.15) is 102 Å². The van der Waals surface area contributed by atoms with E-state index in [2.05, 4.69) is 5.32 Å². The van der Waals surface area contributed by atoms with Crippen molar-refractivity contribution in [2.75, 3.05) is 40.4 Å². The van der Waals surface area contributed by atoms with Gasteiger partial charge in [-0.05, 0) is 109 Å². The van der Waals surface area contributed by atoms with Gasteiger partial charge in [-0.25, -0.2) is 13.6 Å². The first kappa shape index (κ1) is 45.7. The fourth-order valence-corrected chi connectivity index (χ4v) is 7.85. The number of ether oxygens (including phenoxy) is 2. The molecule has 2 saturated heterocycles. The number of fused-ring (bicyclic) bond motifs is 2. The number of aromatic carboxylic acids is 1. The lowest BCUT2D eigenvalue weighted by atomic mass is 9.86. The van der Waals surface area contributed by atoms with E-state index in [4.69, 9.17) is 14.6 Å². The molecule has 4 aromatic rings. The largest absolute Gasteiger partial charge is 0.478 e. The van der Waals surface area contributed by atoms with Crippen molar-refractivity contribution in [1.82, 2.24) is 10.2 Å². The van der Waals surface area contributed by atoms with Crippen LogP contribution in [0, 0.1) is 11.6 Å². The smallest absolute Gasteiger partial charge is 0.338 e. The second kappa shape index (κ2) is 21.8. The summed E-state index contributed by atoms with van der Waals surface area (Å²) in [7, 11) is 3.47. The molecule has 0 aromatic heterocycles. The number of nitrogens with zero attached hydrogens (tertiary/aromatic N) is 1. The predicted octanol–water partition coefficient (Wildman–Crippen LogP) is 8.83. The van der Waals surface area contributed by atoms with Crippen LogP contribution in [0.25, 0.3) is 11.1 Å². The molecular formula is C48H51ClF2N2O7. The molecule has 0 bridgehead atoms. The molecule has 2 heterocycles. The van der Waals surface area contributed by atoms with Gasteiger partial charge in [0, 0.05) is 51.3 Å². The molecule has 0 radical (unpaired) electrons. The van der Waals surface area contributed by atoms with Gasteiger partial charge < -0.3 is 24.8 Å². The summed E-state index contributed by atoms with van der Waals surface area (Å²) < 4.78 is 38.4. The van der Waals surface area contributed by atoms with Gasteiger partial charge in [0.2, 0.25) is 0 Å². The van der Waals surface area contributed by atoms with Gasteiger partial charge in [-0.15, -0.1) is 12.4 Å². The van der Waals surface area contributed by atoms with Crippen molar-refractivity contribution in [3.05, 3.63) is 153 Å². The van der Waals surface area contributed by atoms with Crippen LogP contribution in [0.3, 0.4) is 0 Å². The highest BCUT2D eigenvalue weighted by Crippen LogP contribution is 2.31. The summed E-state index contributed by atoms with van der Waals surface area (Å²) in [5, 5.41) is 12.3. The van der Waals surface area contributed by atoms with Gasteiger partial charge in [0.15, 0.2) is 11.6 Å². The normalized spacial score (nSPS) is 16.4. The SMILES string of the molecule is COC1CCN(C(=O)c2cc(CC3=CCC(=O)c4ccccc43)ccc2F)CC1.COC1CCNCC1.Cl.O=C(O)c1cc(CC2=CCC(=O)c3ccccc32)ccc1F. The molecule has 2 fully saturated rings. The summed E-state index contributed by atoms with van der Waals surface area (Å²) in [4.78, 5) is 49.6. The van der Waals surface area contributed by atoms with Crippen molar-refractivity contribution < 1.29 is 42.5 Å². The van der Waals surface area contributed by atoms with Gasteiger partial charge >= 0.3 is 5.97 Å². The molecule has 0 unspecified atom stereocenters. The summed E-state index contributed by atoms with van der Waals surface area (Å²) in [5.41, 5.74) is 6.51. The Morgan fingerprint density at radius 3 is 1.55 bits per heavy atom. The highest BCUT2D eigenvalue weighted by Gasteiger charge is 2.26. The number of likely N-dealkylation sites (tertiary alicyclic amines) is 1. The Labute approximate surface area is 355 Å². The van der Waals surface area contributed by atoms with Crippen molar-refractivity contribution >= 4 is 47.0 Å². The van der Waals surface area contributed by atoms with Crippen LogP contribution in [-0.2, 0) is 22.3 Å². The highest BCUT2D eigenvalue weighted by molar-refractivity contribution is 6.05. The Balaban J connectivity index is 0.000000194. The average molecular weight is 841 g/mol. The summed E-state index contributed by atoms with van der Waals surface area (Å²) >= 11 is 0. The van der Waals surface area contributed by atoms with Crippen molar-refractivity contribution in [2.45, 2.75) is 63.6 Å². The summed E-state index contributed by atoms with van der Waals surface area (Å²) in [6.07, 6.45) is 10.1. The number of hydrogen-bond donors (Lipinski definition) is 2. The number of ketones is 2. The van der Waals surface area contributed by atoms with Gasteiger partial charge in [-0.2, -0.15) is 0 Å². The average Bonchev–Trinajstić information content (AvgIpc) is 3.27. The molecular weight excluding hydrogens is 790 g/mol. The molecule has 0 saturated carbocycles. The van der Waals surface area contributed by atoms with Crippen LogP contribution >= 0.6 is 12.4 Å². The number of carboxylic acids is 1. The molecule has 2 aliphatic heterocycles. The fourth-order valence-electron chi connectivity index (χ4n) is 7.85. The van der Waals surface area contributed by atoms with E-state index in [1.54, 1.807) is 43.4 Å². The minimum absolute atomic E-state index is 0. The zero-order valence-corrected chi connectivity index (χ0v) is 34.7. The fraction of sp³-hybridized carbons (Fsp3) is 0.333. The Bertz CT molecular complexity index is 2240. The van der Waals surface area contributed by atoms with Crippen LogP contribution in [-0.4, -0.2) is 86.1 Å². The predicted molar refractivity (Wildman–Crippen MR) is 230 cm³/mol. The zero-order valence-electron chi connectivity index (χ0n) is 33.9. The van der Waals surface area contributed by atoms with Crippen LogP contribution < -0.4 is 5.32 Å². The van der Waals surface area contributed by atoms with Crippen molar-refractivity contribution in [3.63, 3.8) is 0 Å². The quantitative estimate of drug-likeness (QED) is 0.181. The number of carbonyl (C=O) groups excluding carboxylic acids is 3. The Kier molecular flexibility index (Phi) is 16.6. The van der Waals surface area contributed by atoms with Crippen molar-refractivity contribution in [2.24, 2.45) is 0 Å². The molecule has 2 N–H and O–H groups in total. The molecule has 9 nitrogen and oxygen atoms in total. The number of methoxy groups -OCH3 is 2. The molecule has 8 rings (SSSR count). The standard InChI is InChI=1S/C24H24FNO3.C18H13FO3.C6H13NO.ClH/c1-29-18-10-12-26(13-11-18)24(28)21-15-16(6-8-22(21)25)14-17-7-9-23(27)20-5-3-2-4-19(17)20;19-16-7-5-11(10-15(16)18(21)22)9-12-6-8-17(20)14-4-2-1-3-13(12)14;1-8-6-2-4-7-5-3-6;/h2-8,15,18H,9-14H2,1H3;1-7,10H,8-9H2,(H,21,22);6-7H,2-5H2,1H3;1H. The number of carboxylic acid groups (broad SMARTS) is 1. The molecule has 2 aliphatic carbocycles. The number of allylic oxidation sites excluding steroid dienone is 4. The number of rotatable bonds is 8. The van der Waals surface area contributed by atoms with Crippen LogP contribution in [0.5, 0.6) is 0 Å². The highest BCUT2D eigenvalue weighted by atomic mass is 35.5. The van der Waals surface area contributed by atoms with Gasteiger partial charge in [0.25, 0.3) is 5.91 Å². The van der Waals surface area contributed by atoms with Crippen LogP contribution in [0.15, 0.2) is 97.1 Å². The molecule has 4 aromatic carbocycles. The number of nitrogens with one attached hydrogen (secondary N) is 1. The Morgan fingerprint density at radius 1 is 0.667 bits per heavy atom. The summed E-state index contributed by atoms with van der Waals surface area (Å²) in [6.45, 7) is 3.39.